The lowest BCUT2D eigenvalue weighted by atomic mass is 9.97. The second-order valence-electron chi connectivity index (χ2n) is 9.25. The molecular formula is C28H33N3O3S. The maximum Gasteiger partial charge on any atom is 0.253 e. The van der Waals surface area contributed by atoms with Gasteiger partial charge in [0.1, 0.15) is 17.0 Å². The summed E-state index contributed by atoms with van der Waals surface area (Å²) in [5.74, 6) is 0.798. The highest BCUT2D eigenvalue weighted by atomic mass is 32.1. The first-order chi connectivity index (χ1) is 17.1. The SMILES string of the molecule is COc1ccc(-c2nc(-c3cc(C(=O)NCCC4=CCCCC4)c(C)n3C3CCCO3)cs2)cc1. The van der Waals surface area contributed by atoms with Gasteiger partial charge in [-0.1, -0.05) is 11.6 Å². The van der Waals surface area contributed by atoms with Crippen molar-refractivity contribution in [3.8, 4) is 27.7 Å². The van der Waals surface area contributed by atoms with E-state index in [-0.39, 0.29) is 12.1 Å². The predicted octanol–water partition coefficient (Wildman–Crippen LogP) is 6.52. The first kappa shape index (κ1) is 23.8. The Balaban J connectivity index is 1.40. The van der Waals surface area contributed by atoms with E-state index in [9.17, 15) is 4.79 Å². The highest BCUT2D eigenvalue weighted by Crippen LogP contribution is 2.36. The molecule has 2 aliphatic rings. The first-order valence-corrected chi connectivity index (χ1v) is 13.4. The number of rotatable bonds is 8. The molecule has 3 heterocycles. The van der Waals surface area contributed by atoms with Crippen LogP contribution in [0.4, 0.5) is 0 Å². The van der Waals surface area contributed by atoms with E-state index in [2.05, 4.69) is 21.3 Å². The molecule has 0 bridgehead atoms. The zero-order valence-electron chi connectivity index (χ0n) is 20.5. The quantitative estimate of drug-likeness (QED) is 0.364. The Morgan fingerprint density at radius 3 is 2.83 bits per heavy atom. The van der Waals surface area contributed by atoms with Gasteiger partial charge in [-0.2, -0.15) is 0 Å². The Morgan fingerprint density at radius 2 is 2.11 bits per heavy atom. The van der Waals surface area contributed by atoms with Crippen LogP contribution in [-0.4, -0.2) is 35.7 Å². The first-order valence-electron chi connectivity index (χ1n) is 12.5. The number of hydrogen-bond donors (Lipinski definition) is 1. The molecule has 5 rings (SSSR count). The summed E-state index contributed by atoms with van der Waals surface area (Å²) in [5, 5.41) is 6.15. The van der Waals surface area contributed by atoms with Gasteiger partial charge in [0.2, 0.25) is 0 Å². The van der Waals surface area contributed by atoms with Crippen LogP contribution in [0.5, 0.6) is 5.75 Å². The van der Waals surface area contributed by atoms with E-state index in [4.69, 9.17) is 14.5 Å². The third-order valence-electron chi connectivity index (χ3n) is 6.95. The van der Waals surface area contributed by atoms with Gasteiger partial charge in [-0.15, -0.1) is 11.3 Å². The number of allylic oxidation sites excluding steroid dienone is 1. The molecule has 1 saturated heterocycles. The maximum absolute atomic E-state index is 13.2. The smallest absolute Gasteiger partial charge is 0.253 e. The lowest BCUT2D eigenvalue weighted by Crippen LogP contribution is -2.25. The Kier molecular flexibility index (Phi) is 7.35. The molecule has 1 aliphatic carbocycles. The number of carbonyl (C=O) groups is 1. The average Bonchev–Trinajstić information content (AvgIpc) is 3.65. The third-order valence-corrected chi connectivity index (χ3v) is 7.84. The van der Waals surface area contributed by atoms with Crippen LogP contribution in [0.3, 0.4) is 0 Å². The molecular weight excluding hydrogens is 458 g/mol. The van der Waals surface area contributed by atoms with Crippen molar-refractivity contribution in [2.45, 2.75) is 58.1 Å². The Morgan fingerprint density at radius 1 is 1.26 bits per heavy atom. The Bertz CT molecular complexity index is 1200. The van der Waals surface area contributed by atoms with Crippen molar-refractivity contribution in [3.05, 3.63) is 58.6 Å². The van der Waals surface area contributed by atoms with E-state index in [0.29, 0.717) is 12.1 Å². The summed E-state index contributed by atoms with van der Waals surface area (Å²) in [5.41, 5.74) is 5.95. The van der Waals surface area contributed by atoms with Gasteiger partial charge >= 0.3 is 0 Å². The van der Waals surface area contributed by atoms with E-state index in [1.807, 2.05) is 37.3 Å². The zero-order valence-corrected chi connectivity index (χ0v) is 21.3. The number of hydrogen-bond acceptors (Lipinski definition) is 5. The van der Waals surface area contributed by atoms with E-state index >= 15 is 0 Å². The van der Waals surface area contributed by atoms with Crippen molar-refractivity contribution in [2.75, 3.05) is 20.3 Å². The lowest BCUT2D eigenvalue weighted by Gasteiger charge is -2.18. The molecule has 0 spiro atoms. The molecule has 3 aromatic rings. The molecule has 1 aromatic carbocycles. The fourth-order valence-electron chi connectivity index (χ4n) is 5.00. The van der Waals surface area contributed by atoms with Crippen LogP contribution in [0.2, 0.25) is 0 Å². The second kappa shape index (κ2) is 10.8. The van der Waals surface area contributed by atoms with Gasteiger partial charge in [-0.05, 0) is 82.2 Å². The maximum atomic E-state index is 13.2. The van der Waals surface area contributed by atoms with Crippen LogP contribution in [-0.2, 0) is 4.74 Å². The normalized spacial score (nSPS) is 17.9. The van der Waals surface area contributed by atoms with Crippen molar-refractivity contribution in [1.29, 1.82) is 0 Å². The molecule has 7 heteroatoms. The minimum atomic E-state index is -0.0647. The second-order valence-corrected chi connectivity index (χ2v) is 10.1. The highest BCUT2D eigenvalue weighted by Gasteiger charge is 2.27. The number of nitrogens with zero attached hydrogens (tertiary/aromatic N) is 2. The summed E-state index contributed by atoms with van der Waals surface area (Å²) in [7, 11) is 1.67. The van der Waals surface area contributed by atoms with Crippen LogP contribution in [0.15, 0.2) is 47.4 Å². The van der Waals surface area contributed by atoms with Crippen LogP contribution < -0.4 is 10.1 Å². The van der Waals surface area contributed by atoms with Crippen LogP contribution in [0.25, 0.3) is 22.0 Å². The Hall–Kier alpha value is -2.90. The molecule has 6 nitrogen and oxygen atoms in total. The fourth-order valence-corrected chi connectivity index (χ4v) is 5.82. The number of aromatic nitrogens is 2. The van der Waals surface area contributed by atoms with E-state index < -0.39 is 0 Å². The van der Waals surface area contributed by atoms with Crippen LogP contribution >= 0.6 is 11.3 Å². The van der Waals surface area contributed by atoms with Gasteiger partial charge < -0.3 is 19.4 Å². The summed E-state index contributed by atoms with van der Waals surface area (Å²) < 4.78 is 13.5. The van der Waals surface area contributed by atoms with Crippen molar-refractivity contribution >= 4 is 17.2 Å². The minimum Gasteiger partial charge on any atom is -0.497 e. The highest BCUT2D eigenvalue weighted by molar-refractivity contribution is 7.13. The van der Waals surface area contributed by atoms with Gasteiger partial charge in [0.05, 0.1) is 24.1 Å². The molecule has 1 atom stereocenters. The zero-order chi connectivity index (χ0) is 24.2. The number of amides is 1. The number of carbonyl (C=O) groups excluding carboxylic acids is 1. The van der Waals surface area contributed by atoms with E-state index in [0.717, 1.165) is 65.7 Å². The average molecular weight is 492 g/mol. The van der Waals surface area contributed by atoms with Crippen molar-refractivity contribution in [3.63, 3.8) is 0 Å². The molecule has 1 unspecified atom stereocenters. The molecule has 0 saturated carbocycles. The number of thiazole rings is 1. The number of benzene rings is 1. The molecule has 1 amide bonds. The number of ether oxygens (including phenoxy) is 2. The Labute approximate surface area is 211 Å². The van der Waals surface area contributed by atoms with Gasteiger partial charge in [0, 0.05) is 29.8 Å². The van der Waals surface area contributed by atoms with Gasteiger partial charge in [-0.25, -0.2) is 4.98 Å². The molecule has 0 radical (unpaired) electrons. The molecule has 1 aliphatic heterocycles. The number of nitrogens with one attached hydrogen (secondary N) is 1. The molecule has 2 aromatic heterocycles. The summed E-state index contributed by atoms with van der Waals surface area (Å²) in [6.45, 7) is 3.43. The van der Waals surface area contributed by atoms with Gasteiger partial charge in [-0.3, -0.25) is 4.79 Å². The molecule has 1 fully saturated rings. The van der Waals surface area contributed by atoms with Crippen LogP contribution in [0, 0.1) is 6.92 Å². The van der Waals surface area contributed by atoms with Crippen LogP contribution in [0.1, 0.15) is 67.2 Å². The van der Waals surface area contributed by atoms with Crippen molar-refractivity contribution in [2.24, 2.45) is 0 Å². The summed E-state index contributed by atoms with van der Waals surface area (Å²) in [4.78, 5) is 18.1. The van der Waals surface area contributed by atoms with Gasteiger partial charge in [0.25, 0.3) is 5.91 Å². The predicted molar refractivity (Wildman–Crippen MR) is 140 cm³/mol. The summed E-state index contributed by atoms with van der Waals surface area (Å²) >= 11 is 1.60. The number of methoxy groups -OCH3 is 1. The third kappa shape index (κ3) is 5.21. The molecule has 184 valence electrons. The largest absolute Gasteiger partial charge is 0.497 e. The standard InChI is InChI=1S/C28H33N3O3S/c1-19-23(27(32)29-15-14-20-7-4-3-5-8-20)17-25(31(19)26-9-6-16-34-26)24-18-35-28(30-24)21-10-12-22(33-2)13-11-21/h7,10-13,17-18,26H,3-6,8-9,14-16H2,1-2H3,(H,29,32). The monoisotopic (exact) mass is 491 g/mol. The molecule has 1 N–H and O–H groups in total. The van der Waals surface area contributed by atoms with E-state index in [1.165, 1.54) is 24.8 Å². The minimum absolute atomic E-state index is 0.0255. The van der Waals surface area contributed by atoms with Crippen molar-refractivity contribution < 1.29 is 14.3 Å². The van der Waals surface area contributed by atoms with Gasteiger partial charge in [0.15, 0.2) is 0 Å². The topological polar surface area (TPSA) is 65.4 Å². The van der Waals surface area contributed by atoms with E-state index in [1.54, 1.807) is 18.4 Å². The lowest BCUT2D eigenvalue weighted by molar-refractivity contribution is 0.0565. The summed E-state index contributed by atoms with van der Waals surface area (Å²) in [6, 6.07) is 9.92. The molecule has 35 heavy (non-hydrogen) atoms. The summed E-state index contributed by atoms with van der Waals surface area (Å²) in [6.07, 6.45) is 10.0. The fraction of sp³-hybridized carbons (Fsp3) is 0.429. The van der Waals surface area contributed by atoms with Crippen molar-refractivity contribution in [1.82, 2.24) is 14.9 Å².